The molecule has 5 rings (SSSR count). The van der Waals surface area contributed by atoms with Crippen LogP contribution in [0.3, 0.4) is 0 Å². The predicted octanol–water partition coefficient (Wildman–Crippen LogP) is 4.27. The summed E-state index contributed by atoms with van der Waals surface area (Å²) in [4.78, 5) is 37.5. The van der Waals surface area contributed by atoms with Crippen LogP contribution >= 0.6 is 0 Å². The van der Waals surface area contributed by atoms with Crippen LogP contribution < -0.4 is 0 Å². The summed E-state index contributed by atoms with van der Waals surface area (Å²) >= 11 is 0. The van der Waals surface area contributed by atoms with Crippen LogP contribution in [-0.2, 0) is 25.5 Å². The van der Waals surface area contributed by atoms with Crippen LogP contribution in [0, 0.1) is 5.92 Å². The fraction of sp³-hybridized carbons (Fsp3) is 0.464. The standard InChI is InChI=1S/C24H30N2O2.C4H4O4/c1-26-14-16(15-28-24(27)17-7-4-2-3-5-8-17)11-20-19-9-6-10-21-23(19)18(13-25-21)12-22(20)26;5-3(6)1-2-4(7)8/h6,9-11,13,17,20,22,25H,2-5,7-8,12,14-15H2,1H3;1-2H,(H,5,6)(H,7,8)/b;2-1-/t20-,22-;/m1./s1. The number of nitrogens with zero attached hydrogens (tertiary/aromatic N) is 1. The lowest BCUT2D eigenvalue weighted by Crippen LogP contribution is -2.44. The minimum atomic E-state index is -1.26. The number of hydrogen-bond donors (Lipinski definition) is 3. The van der Waals surface area contributed by atoms with Gasteiger partial charge >= 0.3 is 17.9 Å². The molecule has 1 aromatic carbocycles. The SMILES string of the molecule is CN1CC(COC(=O)C2CCCCCC2)=C[C@@H]2c3cccc4[nH]cc(c34)C[C@H]21.O=C(O)/C=C\C(=O)O. The largest absolute Gasteiger partial charge is 0.478 e. The van der Waals surface area contributed by atoms with Crippen LogP contribution in [0.25, 0.3) is 10.9 Å². The number of esters is 1. The summed E-state index contributed by atoms with van der Waals surface area (Å²) in [5.41, 5.74) is 5.30. The molecule has 0 amide bonds. The number of aromatic nitrogens is 1. The number of ether oxygens (including phenoxy) is 1. The Morgan fingerprint density at radius 3 is 2.44 bits per heavy atom. The third-order valence-electron chi connectivity index (χ3n) is 7.41. The number of H-pyrrole nitrogens is 1. The fourth-order valence-electron chi connectivity index (χ4n) is 5.69. The number of rotatable bonds is 5. The molecule has 3 aliphatic rings. The van der Waals surface area contributed by atoms with E-state index in [1.54, 1.807) is 0 Å². The number of aromatic amines is 1. The first-order chi connectivity index (χ1) is 17.3. The van der Waals surface area contributed by atoms with Crippen LogP contribution in [0.1, 0.15) is 55.6 Å². The molecule has 2 aliphatic carbocycles. The van der Waals surface area contributed by atoms with E-state index < -0.39 is 11.9 Å². The van der Waals surface area contributed by atoms with E-state index in [4.69, 9.17) is 14.9 Å². The Labute approximate surface area is 210 Å². The predicted molar refractivity (Wildman–Crippen MR) is 136 cm³/mol. The van der Waals surface area contributed by atoms with Gasteiger partial charge in [-0.05, 0) is 49.1 Å². The third-order valence-corrected chi connectivity index (χ3v) is 7.41. The molecule has 0 saturated heterocycles. The molecule has 1 fully saturated rings. The second-order valence-electron chi connectivity index (χ2n) is 9.93. The second-order valence-corrected chi connectivity index (χ2v) is 9.93. The zero-order valence-corrected chi connectivity index (χ0v) is 20.6. The van der Waals surface area contributed by atoms with Crippen molar-refractivity contribution in [3.8, 4) is 0 Å². The molecule has 2 heterocycles. The summed E-state index contributed by atoms with van der Waals surface area (Å²) in [6, 6.07) is 7.06. The number of aliphatic carboxylic acids is 2. The molecule has 36 heavy (non-hydrogen) atoms. The smallest absolute Gasteiger partial charge is 0.328 e. The van der Waals surface area contributed by atoms with E-state index >= 15 is 0 Å². The van der Waals surface area contributed by atoms with Gasteiger partial charge in [0.25, 0.3) is 0 Å². The number of carbonyl (C=O) groups excluding carboxylic acids is 1. The first-order valence-electron chi connectivity index (χ1n) is 12.6. The highest BCUT2D eigenvalue weighted by atomic mass is 16.5. The Morgan fingerprint density at radius 1 is 1.08 bits per heavy atom. The number of hydrogen-bond acceptors (Lipinski definition) is 5. The molecule has 8 nitrogen and oxygen atoms in total. The van der Waals surface area contributed by atoms with Crippen molar-refractivity contribution >= 4 is 28.8 Å². The number of carboxylic acids is 2. The van der Waals surface area contributed by atoms with Crippen LogP contribution in [0.2, 0.25) is 0 Å². The van der Waals surface area contributed by atoms with Crippen molar-refractivity contribution in [2.24, 2.45) is 5.92 Å². The van der Waals surface area contributed by atoms with Gasteiger partial charge in [-0.15, -0.1) is 0 Å². The van der Waals surface area contributed by atoms with Gasteiger partial charge in [-0.25, -0.2) is 9.59 Å². The maximum absolute atomic E-state index is 12.6. The molecule has 2 aromatic rings. The molecule has 1 aromatic heterocycles. The third kappa shape index (κ3) is 6.05. The van der Waals surface area contributed by atoms with Gasteiger partial charge in [-0.3, -0.25) is 9.69 Å². The van der Waals surface area contributed by atoms with Crippen molar-refractivity contribution in [1.29, 1.82) is 0 Å². The number of carboxylic acid groups (broad SMARTS) is 2. The highest BCUT2D eigenvalue weighted by Gasteiger charge is 2.36. The number of nitrogens with one attached hydrogen (secondary N) is 1. The first-order valence-corrected chi connectivity index (χ1v) is 12.6. The van der Waals surface area contributed by atoms with Crippen LogP contribution in [0.15, 0.2) is 48.2 Å². The molecule has 0 bridgehead atoms. The van der Waals surface area contributed by atoms with Gasteiger partial charge in [-0.2, -0.15) is 0 Å². The quantitative estimate of drug-likeness (QED) is 0.246. The van der Waals surface area contributed by atoms with E-state index in [9.17, 15) is 14.4 Å². The van der Waals surface area contributed by atoms with E-state index in [2.05, 4.69) is 47.4 Å². The normalized spacial score (nSPS) is 22.2. The lowest BCUT2D eigenvalue weighted by atomic mass is 9.77. The van der Waals surface area contributed by atoms with Crippen molar-refractivity contribution in [3.63, 3.8) is 0 Å². The molecule has 3 N–H and O–H groups in total. The highest BCUT2D eigenvalue weighted by molar-refractivity contribution is 5.90. The van der Waals surface area contributed by atoms with E-state index in [0.29, 0.717) is 30.7 Å². The molecule has 0 spiro atoms. The van der Waals surface area contributed by atoms with Gasteiger partial charge in [0.15, 0.2) is 0 Å². The number of benzene rings is 1. The van der Waals surface area contributed by atoms with Gasteiger partial charge in [0.2, 0.25) is 0 Å². The number of carbonyl (C=O) groups is 3. The van der Waals surface area contributed by atoms with Gasteiger partial charge in [0, 0.05) is 47.8 Å². The van der Waals surface area contributed by atoms with E-state index in [0.717, 1.165) is 38.6 Å². The van der Waals surface area contributed by atoms with Crippen LogP contribution in [0.5, 0.6) is 0 Å². The lowest BCUT2D eigenvalue weighted by Gasteiger charge is -2.41. The summed E-state index contributed by atoms with van der Waals surface area (Å²) in [5, 5.41) is 17.0. The minimum Gasteiger partial charge on any atom is -0.478 e. The summed E-state index contributed by atoms with van der Waals surface area (Å²) in [7, 11) is 2.20. The fourth-order valence-corrected chi connectivity index (χ4v) is 5.69. The van der Waals surface area contributed by atoms with E-state index in [1.165, 1.54) is 40.4 Å². The molecule has 192 valence electrons. The molecule has 2 atom stereocenters. The van der Waals surface area contributed by atoms with Gasteiger partial charge in [0.1, 0.15) is 6.61 Å². The summed E-state index contributed by atoms with van der Waals surface area (Å²) in [6.45, 7) is 1.33. The minimum absolute atomic E-state index is 0.0197. The van der Waals surface area contributed by atoms with E-state index in [-0.39, 0.29) is 11.9 Å². The Bertz CT molecular complexity index is 1160. The summed E-state index contributed by atoms with van der Waals surface area (Å²) in [6.07, 6.45) is 13.6. The maximum atomic E-state index is 12.6. The Kier molecular flexibility index (Phi) is 8.25. The second kappa shape index (κ2) is 11.6. The highest BCUT2D eigenvalue weighted by Crippen LogP contribution is 2.41. The number of likely N-dealkylation sites (N-methyl/N-ethyl adjacent to an activating group) is 1. The van der Waals surface area contributed by atoms with E-state index in [1.807, 2.05) is 0 Å². The summed E-state index contributed by atoms with van der Waals surface area (Å²) in [5.74, 6) is -2.01. The Hall–Kier alpha value is -3.39. The van der Waals surface area contributed by atoms with Crippen molar-refractivity contribution in [2.75, 3.05) is 20.2 Å². The monoisotopic (exact) mass is 494 g/mol. The van der Waals surface area contributed by atoms with Crippen LogP contribution in [0.4, 0.5) is 0 Å². The molecule has 1 aliphatic heterocycles. The van der Waals surface area contributed by atoms with Crippen molar-refractivity contribution in [1.82, 2.24) is 9.88 Å². The molecular weight excluding hydrogens is 460 g/mol. The van der Waals surface area contributed by atoms with Crippen molar-refractivity contribution in [2.45, 2.75) is 56.9 Å². The Morgan fingerprint density at radius 2 is 1.78 bits per heavy atom. The topological polar surface area (TPSA) is 120 Å². The number of fused-ring (bicyclic) bond motifs is 2. The first kappa shape index (κ1) is 25.7. The van der Waals surface area contributed by atoms with Gasteiger partial charge in [-0.1, -0.05) is 43.9 Å². The summed E-state index contributed by atoms with van der Waals surface area (Å²) < 4.78 is 5.79. The van der Waals surface area contributed by atoms with Gasteiger partial charge in [0.05, 0.1) is 5.92 Å². The molecule has 8 heteroatoms. The van der Waals surface area contributed by atoms with Crippen molar-refractivity contribution in [3.05, 3.63) is 59.3 Å². The maximum Gasteiger partial charge on any atom is 0.328 e. The average Bonchev–Trinajstić information content (AvgIpc) is 3.08. The zero-order valence-electron chi connectivity index (χ0n) is 20.6. The van der Waals surface area contributed by atoms with Crippen molar-refractivity contribution < 1.29 is 29.3 Å². The van der Waals surface area contributed by atoms with Crippen LogP contribution in [-0.4, -0.2) is 64.2 Å². The zero-order chi connectivity index (χ0) is 25.7. The lowest BCUT2D eigenvalue weighted by molar-refractivity contribution is -0.148. The molecule has 1 saturated carbocycles. The average molecular weight is 495 g/mol. The van der Waals surface area contributed by atoms with Gasteiger partial charge < -0.3 is 19.9 Å². The molecule has 0 unspecified atom stereocenters. The Balaban J connectivity index is 0.000000331. The molecule has 0 radical (unpaired) electrons. The molecular formula is C28H34N2O6.